The van der Waals surface area contributed by atoms with E-state index in [1.165, 1.54) is 0 Å². The fraction of sp³-hybridized carbons (Fsp3) is 0.192. The Balaban J connectivity index is 1.56. The molecule has 3 aromatic carbocycles. The molecule has 0 aliphatic carbocycles. The molecule has 1 amide bonds. The van der Waals surface area contributed by atoms with Crippen LogP contribution in [0.3, 0.4) is 0 Å². The molecule has 2 heterocycles. The SMILES string of the molecule is Cc1cccc(-n2c(CCN3Cc4ccccc4C3=O)nc3cc(C)ccc3c2=O)c1. The second-order valence-electron chi connectivity index (χ2n) is 8.16. The molecule has 1 aromatic heterocycles. The van der Waals surface area contributed by atoms with Gasteiger partial charge in [-0.05, 0) is 60.9 Å². The van der Waals surface area contributed by atoms with Crippen LogP contribution in [0.1, 0.15) is 32.9 Å². The van der Waals surface area contributed by atoms with Gasteiger partial charge in [-0.15, -0.1) is 0 Å². The van der Waals surface area contributed by atoms with E-state index in [9.17, 15) is 9.59 Å². The van der Waals surface area contributed by atoms with Gasteiger partial charge in [-0.1, -0.05) is 36.4 Å². The van der Waals surface area contributed by atoms with Crippen molar-refractivity contribution in [2.24, 2.45) is 0 Å². The molecule has 0 fully saturated rings. The monoisotopic (exact) mass is 409 g/mol. The van der Waals surface area contributed by atoms with Crippen LogP contribution in [-0.4, -0.2) is 26.9 Å². The Hall–Kier alpha value is -3.73. The number of hydrogen-bond donors (Lipinski definition) is 0. The Morgan fingerprint density at radius 3 is 2.52 bits per heavy atom. The summed E-state index contributed by atoms with van der Waals surface area (Å²) < 4.78 is 1.69. The predicted molar refractivity (Wildman–Crippen MR) is 122 cm³/mol. The molecule has 0 unspecified atom stereocenters. The number of nitrogens with zero attached hydrogens (tertiary/aromatic N) is 3. The summed E-state index contributed by atoms with van der Waals surface area (Å²) in [5.41, 5.74) is 5.35. The highest BCUT2D eigenvalue weighted by Gasteiger charge is 2.27. The molecular weight excluding hydrogens is 386 g/mol. The van der Waals surface area contributed by atoms with Crippen LogP contribution in [0.5, 0.6) is 0 Å². The maximum Gasteiger partial charge on any atom is 0.265 e. The molecule has 1 aliphatic rings. The van der Waals surface area contributed by atoms with E-state index in [0.717, 1.165) is 27.9 Å². The quantitative estimate of drug-likeness (QED) is 0.508. The van der Waals surface area contributed by atoms with Crippen LogP contribution in [0.25, 0.3) is 16.6 Å². The van der Waals surface area contributed by atoms with E-state index in [4.69, 9.17) is 4.98 Å². The van der Waals surface area contributed by atoms with E-state index in [-0.39, 0.29) is 11.5 Å². The molecule has 4 aromatic rings. The summed E-state index contributed by atoms with van der Waals surface area (Å²) in [7, 11) is 0. The highest BCUT2D eigenvalue weighted by molar-refractivity contribution is 5.98. The molecule has 31 heavy (non-hydrogen) atoms. The van der Waals surface area contributed by atoms with Crippen LogP contribution in [0.2, 0.25) is 0 Å². The number of carbonyl (C=O) groups is 1. The molecule has 0 saturated carbocycles. The molecule has 0 spiro atoms. The Bertz CT molecular complexity index is 1390. The van der Waals surface area contributed by atoms with Crippen LogP contribution >= 0.6 is 0 Å². The first-order valence-electron chi connectivity index (χ1n) is 10.5. The van der Waals surface area contributed by atoms with E-state index in [1.54, 1.807) is 4.57 Å². The van der Waals surface area contributed by atoms with Crippen LogP contribution in [0, 0.1) is 13.8 Å². The normalized spacial score (nSPS) is 13.1. The number of fused-ring (bicyclic) bond motifs is 2. The molecule has 0 atom stereocenters. The van der Waals surface area contributed by atoms with Crippen molar-refractivity contribution in [2.75, 3.05) is 6.54 Å². The second kappa shape index (κ2) is 7.51. The predicted octanol–water partition coefficient (Wildman–Crippen LogP) is 4.20. The van der Waals surface area contributed by atoms with E-state index < -0.39 is 0 Å². The lowest BCUT2D eigenvalue weighted by atomic mass is 10.1. The highest BCUT2D eigenvalue weighted by Crippen LogP contribution is 2.23. The average molecular weight is 409 g/mol. The molecule has 0 bridgehead atoms. The van der Waals surface area contributed by atoms with Crippen molar-refractivity contribution in [3.05, 3.63) is 105 Å². The lowest BCUT2D eigenvalue weighted by Crippen LogP contribution is -2.30. The van der Waals surface area contributed by atoms with Crippen LogP contribution in [0.15, 0.2) is 71.5 Å². The van der Waals surface area contributed by atoms with Crippen molar-refractivity contribution in [1.29, 1.82) is 0 Å². The lowest BCUT2D eigenvalue weighted by molar-refractivity contribution is 0.0779. The number of hydrogen-bond acceptors (Lipinski definition) is 3. The van der Waals surface area contributed by atoms with E-state index in [2.05, 4.69) is 0 Å². The van der Waals surface area contributed by atoms with Gasteiger partial charge in [-0.25, -0.2) is 4.98 Å². The molecule has 1 aliphatic heterocycles. The number of benzene rings is 3. The molecule has 0 N–H and O–H groups in total. The first-order valence-corrected chi connectivity index (χ1v) is 10.5. The van der Waals surface area contributed by atoms with Crippen LogP contribution < -0.4 is 5.56 Å². The zero-order chi connectivity index (χ0) is 21.5. The summed E-state index contributed by atoms with van der Waals surface area (Å²) in [5.74, 6) is 0.703. The van der Waals surface area contributed by atoms with Crippen molar-refractivity contribution < 1.29 is 4.79 Å². The van der Waals surface area contributed by atoms with E-state index in [1.807, 2.05) is 85.5 Å². The number of amides is 1. The topological polar surface area (TPSA) is 55.2 Å². The minimum Gasteiger partial charge on any atom is -0.334 e. The molecular formula is C26H23N3O2. The van der Waals surface area contributed by atoms with Crippen LogP contribution in [0.4, 0.5) is 0 Å². The second-order valence-corrected chi connectivity index (χ2v) is 8.16. The van der Waals surface area contributed by atoms with Crippen molar-refractivity contribution >= 4 is 16.8 Å². The molecule has 154 valence electrons. The Morgan fingerprint density at radius 2 is 1.71 bits per heavy atom. The Labute approximate surface area is 180 Å². The smallest absolute Gasteiger partial charge is 0.265 e. The van der Waals surface area contributed by atoms with Crippen molar-refractivity contribution in [3.63, 3.8) is 0 Å². The summed E-state index contributed by atoms with van der Waals surface area (Å²) in [4.78, 5) is 32.9. The third kappa shape index (κ3) is 3.42. The van der Waals surface area contributed by atoms with E-state index >= 15 is 0 Å². The molecule has 0 radical (unpaired) electrons. The van der Waals surface area contributed by atoms with Gasteiger partial charge in [0, 0.05) is 25.1 Å². The van der Waals surface area contributed by atoms with Gasteiger partial charge in [0.1, 0.15) is 5.82 Å². The van der Waals surface area contributed by atoms with Gasteiger partial charge < -0.3 is 4.90 Å². The van der Waals surface area contributed by atoms with Crippen molar-refractivity contribution in [3.8, 4) is 5.69 Å². The van der Waals surface area contributed by atoms with Gasteiger partial charge in [0.15, 0.2) is 0 Å². The van der Waals surface area contributed by atoms with Crippen molar-refractivity contribution in [1.82, 2.24) is 14.5 Å². The molecule has 5 heteroatoms. The first-order chi connectivity index (χ1) is 15.0. The number of aromatic nitrogens is 2. The summed E-state index contributed by atoms with van der Waals surface area (Å²) in [6.45, 7) is 5.10. The standard InChI is InChI=1S/C26H23N3O2/c1-17-6-5-8-20(14-17)29-24(27-23-15-18(2)10-11-22(23)26(29)31)12-13-28-16-19-7-3-4-9-21(19)25(28)30/h3-11,14-15H,12-13,16H2,1-2H3. The maximum atomic E-state index is 13.5. The van der Waals surface area contributed by atoms with Gasteiger partial charge in [-0.2, -0.15) is 0 Å². The molecule has 5 rings (SSSR count). The summed E-state index contributed by atoms with van der Waals surface area (Å²) in [5, 5.41) is 0.598. The third-order valence-electron chi connectivity index (χ3n) is 5.86. The minimum absolute atomic E-state index is 0.0386. The first kappa shape index (κ1) is 19.2. The zero-order valence-electron chi connectivity index (χ0n) is 17.6. The maximum absolute atomic E-state index is 13.5. The van der Waals surface area contributed by atoms with Gasteiger partial charge in [0.2, 0.25) is 0 Å². The van der Waals surface area contributed by atoms with E-state index in [0.29, 0.717) is 36.2 Å². The average Bonchev–Trinajstić information content (AvgIpc) is 3.08. The van der Waals surface area contributed by atoms with Gasteiger partial charge in [-0.3, -0.25) is 14.2 Å². The Kier molecular flexibility index (Phi) is 4.66. The molecule has 0 saturated heterocycles. The largest absolute Gasteiger partial charge is 0.334 e. The molecule has 5 nitrogen and oxygen atoms in total. The van der Waals surface area contributed by atoms with Crippen molar-refractivity contribution in [2.45, 2.75) is 26.8 Å². The van der Waals surface area contributed by atoms with Crippen LogP contribution in [-0.2, 0) is 13.0 Å². The van der Waals surface area contributed by atoms with Gasteiger partial charge in [0.05, 0.1) is 16.6 Å². The highest BCUT2D eigenvalue weighted by atomic mass is 16.2. The lowest BCUT2D eigenvalue weighted by Gasteiger charge is -2.18. The number of rotatable bonds is 4. The number of carbonyl (C=O) groups excluding carboxylic acids is 1. The van der Waals surface area contributed by atoms with Gasteiger partial charge >= 0.3 is 0 Å². The number of aryl methyl sites for hydroxylation is 2. The fourth-order valence-electron chi connectivity index (χ4n) is 4.27. The Morgan fingerprint density at radius 1 is 0.903 bits per heavy atom. The summed E-state index contributed by atoms with van der Waals surface area (Å²) >= 11 is 0. The van der Waals surface area contributed by atoms with Gasteiger partial charge in [0.25, 0.3) is 11.5 Å². The summed E-state index contributed by atoms with van der Waals surface area (Å²) in [6, 6.07) is 21.3. The third-order valence-corrected chi connectivity index (χ3v) is 5.86. The minimum atomic E-state index is -0.0818. The summed E-state index contributed by atoms with van der Waals surface area (Å²) in [6.07, 6.45) is 0.493. The fourth-order valence-corrected chi connectivity index (χ4v) is 4.27. The zero-order valence-corrected chi connectivity index (χ0v) is 17.6.